The Balaban J connectivity index is 2.65. The number of rotatable bonds is 5. The van der Waals surface area contributed by atoms with Crippen molar-refractivity contribution in [3.8, 4) is 0 Å². The van der Waals surface area contributed by atoms with Gasteiger partial charge in [0.25, 0.3) is 0 Å². The summed E-state index contributed by atoms with van der Waals surface area (Å²) in [4.78, 5) is 12.1. The van der Waals surface area contributed by atoms with Gasteiger partial charge in [0.15, 0.2) is 0 Å². The van der Waals surface area contributed by atoms with E-state index >= 15 is 0 Å². The van der Waals surface area contributed by atoms with Crippen molar-refractivity contribution in [3.63, 3.8) is 0 Å². The second-order valence-corrected chi connectivity index (χ2v) is 4.78. The third-order valence-electron chi connectivity index (χ3n) is 2.33. The summed E-state index contributed by atoms with van der Waals surface area (Å²) >= 11 is 1.30. The highest BCUT2D eigenvalue weighted by atomic mass is 32.1. The van der Waals surface area contributed by atoms with Crippen molar-refractivity contribution >= 4 is 17.3 Å². The summed E-state index contributed by atoms with van der Waals surface area (Å²) < 4.78 is 5.56. The molecule has 1 heterocycles. The molecule has 15 heavy (non-hydrogen) atoms. The van der Waals surface area contributed by atoms with Crippen LogP contribution in [0, 0.1) is 6.92 Å². The van der Waals surface area contributed by atoms with Crippen LogP contribution in [0.15, 0.2) is 6.07 Å². The molecule has 0 saturated heterocycles. The Morgan fingerprint density at radius 2 is 2.33 bits per heavy atom. The second-order valence-electron chi connectivity index (χ2n) is 3.53. The molecule has 1 atom stereocenters. The summed E-state index contributed by atoms with van der Waals surface area (Å²) in [7, 11) is 0. The lowest BCUT2D eigenvalue weighted by atomic mass is 10.2. The number of carboxylic acids is 1. The first-order chi connectivity index (χ1) is 7.04. The molecule has 0 aliphatic carbocycles. The van der Waals surface area contributed by atoms with Crippen LogP contribution in [-0.2, 0) is 11.3 Å². The lowest BCUT2D eigenvalue weighted by molar-refractivity contribution is 0.0507. The van der Waals surface area contributed by atoms with E-state index in [0.717, 1.165) is 16.9 Å². The number of hydrogen-bond donors (Lipinski definition) is 1. The Hall–Kier alpha value is -0.870. The highest BCUT2D eigenvalue weighted by molar-refractivity contribution is 7.14. The van der Waals surface area contributed by atoms with E-state index in [0.29, 0.717) is 11.5 Å². The molecule has 1 rings (SSSR count). The van der Waals surface area contributed by atoms with E-state index in [2.05, 4.69) is 6.92 Å². The van der Waals surface area contributed by atoms with Gasteiger partial charge in [0.1, 0.15) is 4.88 Å². The summed E-state index contributed by atoms with van der Waals surface area (Å²) in [5.41, 5.74) is 0.984. The first-order valence-corrected chi connectivity index (χ1v) is 5.80. The van der Waals surface area contributed by atoms with Crippen molar-refractivity contribution in [2.24, 2.45) is 0 Å². The maximum Gasteiger partial charge on any atom is 0.345 e. The molecular formula is C11H16O3S. The summed E-state index contributed by atoms with van der Waals surface area (Å²) in [6.45, 7) is 6.50. The van der Waals surface area contributed by atoms with Crippen LogP contribution in [0.5, 0.6) is 0 Å². The Morgan fingerprint density at radius 1 is 1.67 bits per heavy atom. The highest BCUT2D eigenvalue weighted by Crippen LogP contribution is 2.22. The first kappa shape index (κ1) is 12.2. The fraction of sp³-hybridized carbons (Fsp3) is 0.545. The Kier molecular flexibility index (Phi) is 4.29. The molecule has 4 heteroatoms. The molecule has 3 nitrogen and oxygen atoms in total. The van der Waals surface area contributed by atoms with Crippen molar-refractivity contribution in [1.82, 2.24) is 0 Å². The number of aryl methyl sites for hydroxylation is 1. The monoisotopic (exact) mass is 228 g/mol. The minimum Gasteiger partial charge on any atom is -0.477 e. The van der Waals surface area contributed by atoms with Gasteiger partial charge in [0.2, 0.25) is 0 Å². The molecule has 1 aromatic rings. The third kappa shape index (κ3) is 3.32. The first-order valence-electron chi connectivity index (χ1n) is 4.98. The van der Waals surface area contributed by atoms with Gasteiger partial charge < -0.3 is 9.84 Å². The van der Waals surface area contributed by atoms with Crippen LogP contribution >= 0.6 is 11.3 Å². The average Bonchev–Trinajstić information content (AvgIpc) is 2.56. The molecule has 1 aromatic heterocycles. The maximum atomic E-state index is 10.7. The normalized spacial score (nSPS) is 12.7. The van der Waals surface area contributed by atoms with E-state index in [9.17, 15) is 4.79 Å². The van der Waals surface area contributed by atoms with E-state index in [-0.39, 0.29) is 6.10 Å². The van der Waals surface area contributed by atoms with Gasteiger partial charge in [-0.2, -0.15) is 0 Å². The number of carboxylic acid groups (broad SMARTS) is 1. The van der Waals surface area contributed by atoms with Crippen molar-refractivity contribution in [2.75, 3.05) is 0 Å². The summed E-state index contributed by atoms with van der Waals surface area (Å²) in [6, 6.07) is 1.70. The lowest BCUT2D eigenvalue weighted by Gasteiger charge is -2.09. The lowest BCUT2D eigenvalue weighted by Crippen LogP contribution is -2.06. The van der Waals surface area contributed by atoms with Gasteiger partial charge in [-0.05, 0) is 31.9 Å². The Labute approximate surface area is 93.7 Å². The van der Waals surface area contributed by atoms with Crippen LogP contribution in [0.25, 0.3) is 0 Å². The molecule has 0 saturated carbocycles. The van der Waals surface area contributed by atoms with Gasteiger partial charge in [-0.15, -0.1) is 11.3 Å². The smallest absolute Gasteiger partial charge is 0.345 e. The zero-order chi connectivity index (χ0) is 11.4. The molecule has 0 amide bonds. The molecule has 0 aliphatic heterocycles. The number of thiophene rings is 1. The average molecular weight is 228 g/mol. The minimum absolute atomic E-state index is 0.220. The van der Waals surface area contributed by atoms with Gasteiger partial charge in [-0.3, -0.25) is 0 Å². The van der Waals surface area contributed by atoms with Crippen LogP contribution < -0.4 is 0 Å². The maximum absolute atomic E-state index is 10.7. The summed E-state index contributed by atoms with van der Waals surface area (Å²) in [6.07, 6.45) is 1.19. The van der Waals surface area contributed by atoms with E-state index in [4.69, 9.17) is 9.84 Å². The number of ether oxygens (including phenoxy) is 1. The molecule has 0 aromatic carbocycles. The molecule has 1 unspecified atom stereocenters. The van der Waals surface area contributed by atoms with Crippen LogP contribution in [-0.4, -0.2) is 17.2 Å². The number of aromatic carboxylic acids is 1. The number of carbonyl (C=O) groups is 1. The molecule has 0 aliphatic rings. The molecule has 84 valence electrons. The molecule has 0 fully saturated rings. The van der Waals surface area contributed by atoms with Crippen LogP contribution in [0.2, 0.25) is 0 Å². The largest absolute Gasteiger partial charge is 0.477 e. The Bertz CT molecular complexity index is 344. The number of hydrogen-bond acceptors (Lipinski definition) is 3. The van der Waals surface area contributed by atoms with E-state index in [1.54, 1.807) is 6.07 Å². The fourth-order valence-electron chi connectivity index (χ4n) is 1.12. The summed E-state index contributed by atoms with van der Waals surface area (Å²) in [5, 5.41) is 8.82. The third-order valence-corrected chi connectivity index (χ3v) is 3.41. The van der Waals surface area contributed by atoms with Gasteiger partial charge in [0, 0.05) is 4.88 Å². The zero-order valence-electron chi connectivity index (χ0n) is 9.24. The van der Waals surface area contributed by atoms with E-state index < -0.39 is 5.97 Å². The topological polar surface area (TPSA) is 46.5 Å². The minimum atomic E-state index is -0.863. The second kappa shape index (κ2) is 5.28. The van der Waals surface area contributed by atoms with Gasteiger partial charge in [-0.25, -0.2) is 4.79 Å². The van der Waals surface area contributed by atoms with Crippen molar-refractivity contribution in [2.45, 2.75) is 39.9 Å². The van der Waals surface area contributed by atoms with Crippen LogP contribution in [0.4, 0.5) is 0 Å². The summed E-state index contributed by atoms with van der Waals surface area (Å²) in [5.74, 6) is -0.863. The van der Waals surface area contributed by atoms with Crippen molar-refractivity contribution in [3.05, 3.63) is 21.4 Å². The SMILES string of the molecule is CCC(C)OCc1cc(C(=O)O)sc1C. The van der Waals surface area contributed by atoms with Crippen molar-refractivity contribution in [1.29, 1.82) is 0 Å². The van der Waals surface area contributed by atoms with Crippen molar-refractivity contribution < 1.29 is 14.6 Å². The molecule has 0 spiro atoms. The van der Waals surface area contributed by atoms with Gasteiger partial charge >= 0.3 is 5.97 Å². The van der Waals surface area contributed by atoms with E-state index in [1.807, 2.05) is 13.8 Å². The fourth-order valence-corrected chi connectivity index (χ4v) is 1.99. The highest BCUT2D eigenvalue weighted by Gasteiger charge is 2.11. The zero-order valence-corrected chi connectivity index (χ0v) is 10.1. The van der Waals surface area contributed by atoms with Crippen LogP contribution in [0.3, 0.4) is 0 Å². The quantitative estimate of drug-likeness (QED) is 0.842. The Morgan fingerprint density at radius 3 is 2.80 bits per heavy atom. The molecular weight excluding hydrogens is 212 g/mol. The molecule has 1 N–H and O–H groups in total. The van der Waals surface area contributed by atoms with E-state index in [1.165, 1.54) is 11.3 Å². The predicted molar refractivity (Wildman–Crippen MR) is 60.6 cm³/mol. The van der Waals surface area contributed by atoms with Gasteiger partial charge in [-0.1, -0.05) is 6.92 Å². The molecule has 0 bridgehead atoms. The predicted octanol–water partition coefficient (Wildman–Crippen LogP) is 3.07. The molecule has 0 radical (unpaired) electrons. The standard InChI is InChI=1S/C11H16O3S/c1-4-7(2)14-6-9-5-10(11(12)13)15-8(9)3/h5,7H,4,6H2,1-3H3,(H,12,13). The van der Waals surface area contributed by atoms with Gasteiger partial charge in [0.05, 0.1) is 12.7 Å². The van der Waals surface area contributed by atoms with Crippen LogP contribution in [0.1, 0.15) is 40.4 Å².